The highest BCUT2D eigenvalue weighted by Crippen LogP contribution is 1.90. The van der Waals surface area contributed by atoms with Crippen molar-refractivity contribution in [2.24, 2.45) is 0 Å². The molecule has 0 atom stereocenters. The Hall–Kier alpha value is -0.130. The molecular formula is C5H13NO3S. The van der Waals surface area contributed by atoms with Crippen molar-refractivity contribution in [1.29, 1.82) is 0 Å². The molecule has 0 aliphatic heterocycles. The van der Waals surface area contributed by atoms with Crippen LogP contribution in [-0.2, 0) is 14.8 Å². The van der Waals surface area contributed by atoms with Crippen molar-refractivity contribution in [3.8, 4) is 0 Å². The molecule has 4 nitrogen and oxygen atoms in total. The molecule has 5 heteroatoms. The maximum atomic E-state index is 10.7. The quantitative estimate of drug-likeness (QED) is 0.568. The average Bonchev–Trinajstić information content (AvgIpc) is 1.80. The number of methoxy groups -OCH3 is 1. The van der Waals surface area contributed by atoms with E-state index in [0.717, 1.165) is 0 Å². The van der Waals surface area contributed by atoms with Gasteiger partial charge in [-0.25, -0.2) is 12.7 Å². The van der Waals surface area contributed by atoms with E-state index in [9.17, 15) is 8.42 Å². The summed E-state index contributed by atoms with van der Waals surface area (Å²) in [7, 11) is 0.0383. The molecule has 0 spiro atoms. The van der Waals surface area contributed by atoms with Crippen LogP contribution in [0.15, 0.2) is 0 Å². The highest BCUT2D eigenvalue weighted by atomic mass is 32.2. The monoisotopic (exact) mass is 167 g/mol. The lowest BCUT2D eigenvalue weighted by Crippen LogP contribution is -2.28. The van der Waals surface area contributed by atoms with Crippen LogP contribution in [0.25, 0.3) is 0 Å². The summed E-state index contributed by atoms with van der Waals surface area (Å²) in [4.78, 5) is 0. The Morgan fingerprint density at radius 3 is 2.30 bits per heavy atom. The van der Waals surface area contributed by atoms with Gasteiger partial charge in [0.1, 0.15) is 0 Å². The van der Waals surface area contributed by atoms with E-state index in [4.69, 9.17) is 4.74 Å². The largest absolute Gasteiger partial charge is 0.383 e. The average molecular weight is 167 g/mol. The first kappa shape index (κ1) is 9.87. The molecule has 0 N–H and O–H groups in total. The molecule has 0 aromatic carbocycles. The normalized spacial score (nSPS) is 12.4. The summed E-state index contributed by atoms with van der Waals surface area (Å²) in [6.07, 6.45) is 1.17. The maximum Gasteiger partial charge on any atom is 0.211 e. The van der Waals surface area contributed by atoms with Crippen molar-refractivity contribution < 1.29 is 13.2 Å². The van der Waals surface area contributed by atoms with E-state index < -0.39 is 10.0 Å². The van der Waals surface area contributed by atoms with Gasteiger partial charge >= 0.3 is 0 Å². The van der Waals surface area contributed by atoms with E-state index >= 15 is 0 Å². The van der Waals surface area contributed by atoms with Crippen molar-refractivity contribution >= 4 is 10.0 Å². The number of hydrogen-bond donors (Lipinski definition) is 0. The van der Waals surface area contributed by atoms with Crippen LogP contribution in [0.5, 0.6) is 0 Å². The molecule has 0 aromatic rings. The van der Waals surface area contributed by atoms with E-state index in [1.54, 1.807) is 0 Å². The van der Waals surface area contributed by atoms with Crippen LogP contribution in [0.3, 0.4) is 0 Å². The Labute approximate surface area is 61.8 Å². The Morgan fingerprint density at radius 1 is 1.50 bits per heavy atom. The van der Waals surface area contributed by atoms with Gasteiger partial charge in [0.2, 0.25) is 10.0 Å². The molecule has 0 rings (SSSR count). The Balaban J connectivity index is 3.75. The van der Waals surface area contributed by atoms with Crippen LogP contribution in [0.2, 0.25) is 0 Å². The fraction of sp³-hybridized carbons (Fsp3) is 1.00. The second kappa shape index (κ2) is 3.90. The first-order chi connectivity index (χ1) is 4.48. The number of ether oxygens (including phenoxy) is 1. The van der Waals surface area contributed by atoms with Gasteiger partial charge in [0.05, 0.1) is 12.9 Å². The Kier molecular flexibility index (Phi) is 3.85. The second-order valence-corrected chi connectivity index (χ2v) is 4.17. The lowest BCUT2D eigenvalue weighted by Gasteiger charge is -2.12. The molecule has 0 aromatic heterocycles. The van der Waals surface area contributed by atoms with Gasteiger partial charge in [-0.2, -0.15) is 0 Å². The van der Waals surface area contributed by atoms with E-state index in [1.165, 1.54) is 24.7 Å². The van der Waals surface area contributed by atoms with Crippen LogP contribution in [-0.4, -0.2) is 46.3 Å². The van der Waals surface area contributed by atoms with Gasteiger partial charge in [0, 0.05) is 20.7 Å². The number of likely N-dealkylation sites (N-methyl/N-ethyl adjacent to an activating group) is 1. The SMILES string of the molecule is COCCN(C)S(C)(=O)=O. The first-order valence-corrected chi connectivity index (χ1v) is 4.73. The standard InChI is InChI=1S/C5H13NO3S/c1-6(4-5-9-2)10(3,7)8/h4-5H2,1-3H3. The molecule has 0 heterocycles. The molecular weight excluding hydrogens is 154 g/mol. The molecule has 0 aliphatic carbocycles. The van der Waals surface area contributed by atoms with Gasteiger partial charge in [0.15, 0.2) is 0 Å². The molecule has 10 heavy (non-hydrogen) atoms. The third-order valence-electron chi connectivity index (χ3n) is 1.18. The molecule has 0 aliphatic rings. The van der Waals surface area contributed by atoms with E-state index in [0.29, 0.717) is 13.2 Å². The van der Waals surface area contributed by atoms with Crippen LogP contribution in [0.4, 0.5) is 0 Å². The molecule has 0 bridgehead atoms. The lowest BCUT2D eigenvalue weighted by atomic mass is 10.7. The van der Waals surface area contributed by atoms with Crippen LogP contribution < -0.4 is 0 Å². The van der Waals surface area contributed by atoms with Gasteiger partial charge in [-0.1, -0.05) is 0 Å². The van der Waals surface area contributed by atoms with Gasteiger partial charge in [-0.15, -0.1) is 0 Å². The summed E-state index contributed by atoms with van der Waals surface area (Å²) in [6.45, 7) is 0.846. The van der Waals surface area contributed by atoms with Crippen LogP contribution >= 0.6 is 0 Å². The molecule has 0 amide bonds. The summed E-state index contributed by atoms with van der Waals surface area (Å²) in [5.74, 6) is 0. The zero-order chi connectivity index (χ0) is 8.20. The van der Waals surface area contributed by atoms with Gasteiger partial charge in [0.25, 0.3) is 0 Å². The topological polar surface area (TPSA) is 46.6 Å². The molecule has 0 unspecified atom stereocenters. The zero-order valence-electron chi connectivity index (χ0n) is 6.49. The molecule has 62 valence electrons. The Morgan fingerprint density at radius 2 is 2.00 bits per heavy atom. The molecule has 0 saturated heterocycles. The maximum absolute atomic E-state index is 10.7. The van der Waals surface area contributed by atoms with Crippen molar-refractivity contribution in [1.82, 2.24) is 4.31 Å². The summed E-state index contributed by atoms with van der Waals surface area (Å²) in [6, 6.07) is 0. The van der Waals surface area contributed by atoms with E-state index in [2.05, 4.69) is 0 Å². The minimum absolute atomic E-state index is 0.412. The zero-order valence-corrected chi connectivity index (χ0v) is 7.31. The van der Waals surface area contributed by atoms with Crippen molar-refractivity contribution in [3.63, 3.8) is 0 Å². The van der Waals surface area contributed by atoms with Gasteiger partial charge in [-0.3, -0.25) is 0 Å². The second-order valence-electron chi connectivity index (χ2n) is 2.08. The van der Waals surface area contributed by atoms with Gasteiger partial charge in [-0.05, 0) is 0 Å². The minimum Gasteiger partial charge on any atom is -0.383 e. The lowest BCUT2D eigenvalue weighted by molar-refractivity contribution is 0.185. The number of hydrogen-bond acceptors (Lipinski definition) is 3. The van der Waals surface area contributed by atoms with E-state index in [-0.39, 0.29) is 0 Å². The van der Waals surface area contributed by atoms with Crippen LogP contribution in [0, 0.1) is 0 Å². The fourth-order valence-electron chi connectivity index (χ4n) is 0.386. The predicted molar refractivity (Wildman–Crippen MR) is 39.3 cm³/mol. The third-order valence-corrected chi connectivity index (χ3v) is 2.49. The number of sulfonamides is 1. The summed E-state index contributed by atoms with van der Waals surface area (Å²) in [5.41, 5.74) is 0. The predicted octanol–water partition coefficient (Wildman–Crippen LogP) is -0.476. The Bertz CT molecular complexity index is 175. The van der Waals surface area contributed by atoms with Crippen molar-refractivity contribution in [2.45, 2.75) is 0 Å². The summed E-state index contributed by atoms with van der Waals surface area (Å²) in [5, 5.41) is 0. The number of rotatable bonds is 4. The number of nitrogens with zero attached hydrogens (tertiary/aromatic N) is 1. The fourth-order valence-corrected chi connectivity index (χ4v) is 0.792. The molecule has 0 fully saturated rings. The van der Waals surface area contributed by atoms with Crippen LogP contribution in [0.1, 0.15) is 0 Å². The minimum atomic E-state index is -3.02. The van der Waals surface area contributed by atoms with E-state index in [1.807, 2.05) is 0 Å². The molecule has 0 saturated carbocycles. The third kappa shape index (κ3) is 3.81. The van der Waals surface area contributed by atoms with Gasteiger partial charge < -0.3 is 4.74 Å². The summed E-state index contributed by atoms with van der Waals surface area (Å²) < 4.78 is 27.4. The first-order valence-electron chi connectivity index (χ1n) is 2.88. The van der Waals surface area contributed by atoms with Crippen molar-refractivity contribution in [2.75, 3.05) is 33.6 Å². The molecule has 0 radical (unpaired) electrons. The smallest absolute Gasteiger partial charge is 0.211 e. The summed E-state index contributed by atoms with van der Waals surface area (Å²) >= 11 is 0. The van der Waals surface area contributed by atoms with Crippen molar-refractivity contribution in [3.05, 3.63) is 0 Å². The highest BCUT2D eigenvalue weighted by molar-refractivity contribution is 7.88. The highest BCUT2D eigenvalue weighted by Gasteiger charge is 2.08.